The molecule has 0 spiro atoms. The van der Waals surface area contributed by atoms with Crippen molar-refractivity contribution in [1.29, 1.82) is 0 Å². The zero-order valence-corrected chi connectivity index (χ0v) is 14.9. The Labute approximate surface area is 153 Å². The Morgan fingerprint density at radius 2 is 1.85 bits per heavy atom. The molecule has 2 aromatic heterocycles. The van der Waals surface area contributed by atoms with Crippen LogP contribution in [0.4, 0.5) is 5.69 Å². The molecule has 3 aliphatic heterocycles. The fraction of sp³-hybridized carbons (Fsp3) is 0.409. The predicted octanol–water partition coefficient (Wildman–Crippen LogP) is 3.98. The zero-order chi connectivity index (χ0) is 17.1. The molecule has 3 saturated heterocycles. The monoisotopic (exact) mass is 344 g/mol. The van der Waals surface area contributed by atoms with Crippen molar-refractivity contribution < 1.29 is 0 Å². The van der Waals surface area contributed by atoms with E-state index in [1.807, 2.05) is 6.20 Å². The number of hydrogen-bond acceptors (Lipinski definition) is 3. The molecule has 4 fully saturated rings. The lowest BCUT2D eigenvalue weighted by atomic mass is 9.65. The van der Waals surface area contributed by atoms with E-state index in [0.29, 0.717) is 6.04 Å². The first-order chi connectivity index (χ1) is 12.8. The average molecular weight is 344 g/mol. The van der Waals surface area contributed by atoms with E-state index in [1.54, 1.807) is 0 Å². The molecule has 4 aliphatic rings. The SMILES string of the molecule is c1ccc2c(-c3ccc(NC4C5CC6CC4CN(C6)C5)cn3)c[nH]c2c1. The van der Waals surface area contributed by atoms with Crippen molar-refractivity contribution in [2.24, 2.45) is 17.8 Å². The van der Waals surface area contributed by atoms with Crippen molar-refractivity contribution in [3.63, 3.8) is 0 Å². The number of pyridine rings is 1. The van der Waals surface area contributed by atoms with Crippen LogP contribution in [0.3, 0.4) is 0 Å². The van der Waals surface area contributed by atoms with Crippen molar-refractivity contribution in [1.82, 2.24) is 14.9 Å². The van der Waals surface area contributed by atoms with Gasteiger partial charge in [-0.15, -0.1) is 0 Å². The second kappa shape index (κ2) is 5.58. The highest BCUT2D eigenvalue weighted by Gasteiger charge is 2.47. The molecular formula is C22H24N4. The van der Waals surface area contributed by atoms with Gasteiger partial charge in [0.05, 0.1) is 17.6 Å². The summed E-state index contributed by atoms with van der Waals surface area (Å²) < 4.78 is 0. The minimum Gasteiger partial charge on any atom is -0.380 e. The first-order valence-electron chi connectivity index (χ1n) is 9.85. The van der Waals surface area contributed by atoms with Crippen LogP contribution in [0.5, 0.6) is 0 Å². The number of anilines is 1. The van der Waals surface area contributed by atoms with Gasteiger partial charge in [0, 0.05) is 48.3 Å². The number of piperidine rings is 3. The molecule has 1 aliphatic carbocycles. The van der Waals surface area contributed by atoms with Gasteiger partial charge in [-0.05, 0) is 48.8 Å². The molecule has 3 aromatic rings. The fourth-order valence-corrected chi connectivity index (χ4v) is 5.76. The summed E-state index contributed by atoms with van der Waals surface area (Å²) in [5, 5.41) is 5.07. The Morgan fingerprint density at radius 1 is 1.00 bits per heavy atom. The van der Waals surface area contributed by atoms with Gasteiger partial charge in [0.15, 0.2) is 0 Å². The summed E-state index contributed by atoms with van der Waals surface area (Å²) in [6.07, 6.45) is 6.89. The van der Waals surface area contributed by atoms with Gasteiger partial charge in [-0.1, -0.05) is 18.2 Å². The predicted molar refractivity (Wildman–Crippen MR) is 105 cm³/mol. The maximum Gasteiger partial charge on any atom is 0.0725 e. The van der Waals surface area contributed by atoms with E-state index in [9.17, 15) is 0 Å². The number of para-hydroxylation sites is 1. The smallest absolute Gasteiger partial charge is 0.0725 e. The van der Waals surface area contributed by atoms with Crippen LogP contribution in [0, 0.1) is 17.8 Å². The summed E-state index contributed by atoms with van der Waals surface area (Å²) in [4.78, 5) is 10.8. The van der Waals surface area contributed by atoms with Crippen LogP contribution in [0.25, 0.3) is 22.2 Å². The van der Waals surface area contributed by atoms with Gasteiger partial charge in [-0.25, -0.2) is 0 Å². The highest BCUT2D eigenvalue weighted by atomic mass is 15.2. The molecule has 1 saturated carbocycles. The molecule has 26 heavy (non-hydrogen) atoms. The van der Waals surface area contributed by atoms with Gasteiger partial charge in [0.1, 0.15) is 0 Å². The number of hydrogen-bond donors (Lipinski definition) is 2. The Hall–Kier alpha value is -2.33. The molecule has 4 nitrogen and oxygen atoms in total. The normalized spacial score (nSPS) is 32.2. The van der Waals surface area contributed by atoms with E-state index < -0.39 is 0 Å². The van der Waals surface area contributed by atoms with E-state index in [-0.39, 0.29) is 0 Å². The minimum absolute atomic E-state index is 0.628. The molecular weight excluding hydrogens is 320 g/mol. The lowest BCUT2D eigenvalue weighted by molar-refractivity contribution is -0.0269. The summed E-state index contributed by atoms with van der Waals surface area (Å²) in [5.41, 5.74) is 4.54. The summed E-state index contributed by atoms with van der Waals surface area (Å²) >= 11 is 0. The van der Waals surface area contributed by atoms with Gasteiger partial charge < -0.3 is 15.2 Å². The molecule has 0 radical (unpaired) electrons. The van der Waals surface area contributed by atoms with E-state index in [1.165, 1.54) is 49.1 Å². The lowest BCUT2D eigenvalue weighted by Gasteiger charge is -2.56. The molecule has 132 valence electrons. The Balaban J connectivity index is 1.25. The number of aromatic amines is 1. The third-order valence-corrected chi connectivity index (χ3v) is 6.75. The molecule has 4 heteroatoms. The van der Waals surface area contributed by atoms with Gasteiger partial charge in [-0.2, -0.15) is 0 Å². The maximum atomic E-state index is 4.76. The summed E-state index contributed by atoms with van der Waals surface area (Å²) in [5.74, 6) is 2.58. The van der Waals surface area contributed by atoms with Crippen molar-refractivity contribution in [3.05, 3.63) is 48.8 Å². The van der Waals surface area contributed by atoms with Crippen LogP contribution in [-0.4, -0.2) is 40.5 Å². The lowest BCUT2D eigenvalue weighted by Crippen LogP contribution is -2.62. The third kappa shape index (κ3) is 2.28. The number of nitrogens with one attached hydrogen (secondary N) is 2. The first kappa shape index (κ1) is 14.8. The van der Waals surface area contributed by atoms with Crippen molar-refractivity contribution in [3.8, 4) is 11.3 Å². The standard InChI is InChI=1S/C22H24N4/c1-2-4-20-18(3-1)19(10-24-20)21-6-5-17(9-23-21)25-22-15-7-14-8-16(22)13-26(11-14)12-15/h1-6,9-10,14-16,22,24-25H,7-8,11-13H2. The molecule has 2 N–H and O–H groups in total. The second-order valence-electron chi connectivity index (χ2n) is 8.43. The van der Waals surface area contributed by atoms with Gasteiger partial charge >= 0.3 is 0 Å². The molecule has 5 heterocycles. The van der Waals surface area contributed by atoms with Crippen LogP contribution >= 0.6 is 0 Å². The van der Waals surface area contributed by atoms with Crippen LogP contribution < -0.4 is 5.32 Å². The fourth-order valence-electron chi connectivity index (χ4n) is 5.76. The van der Waals surface area contributed by atoms with Crippen LogP contribution in [0.15, 0.2) is 48.8 Å². The van der Waals surface area contributed by atoms with Crippen LogP contribution in [0.2, 0.25) is 0 Å². The number of benzene rings is 1. The number of rotatable bonds is 3. The van der Waals surface area contributed by atoms with Gasteiger partial charge in [0.2, 0.25) is 0 Å². The Kier molecular flexibility index (Phi) is 3.18. The number of H-pyrrole nitrogens is 1. The minimum atomic E-state index is 0.628. The maximum absolute atomic E-state index is 4.76. The molecule has 4 bridgehead atoms. The highest BCUT2D eigenvalue weighted by molar-refractivity contribution is 5.94. The van der Waals surface area contributed by atoms with Crippen LogP contribution in [0.1, 0.15) is 12.8 Å². The molecule has 2 atom stereocenters. The third-order valence-electron chi connectivity index (χ3n) is 6.75. The summed E-state index contributed by atoms with van der Waals surface area (Å²) in [6.45, 7) is 3.91. The van der Waals surface area contributed by atoms with Crippen molar-refractivity contribution in [2.45, 2.75) is 18.9 Å². The number of nitrogens with zero attached hydrogens (tertiary/aromatic N) is 2. The number of aromatic nitrogens is 2. The second-order valence-corrected chi connectivity index (χ2v) is 8.43. The molecule has 1 aromatic carbocycles. The summed E-state index contributed by atoms with van der Waals surface area (Å²) in [7, 11) is 0. The quantitative estimate of drug-likeness (QED) is 0.755. The van der Waals surface area contributed by atoms with E-state index >= 15 is 0 Å². The van der Waals surface area contributed by atoms with Gasteiger partial charge in [-0.3, -0.25) is 4.98 Å². The Bertz CT molecular complexity index is 914. The summed E-state index contributed by atoms with van der Waals surface area (Å²) in [6, 6.07) is 13.4. The largest absolute Gasteiger partial charge is 0.380 e. The Morgan fingerprint density at radius 3 is 2.62 bits per heavy atom. The molecule has 0 amide bonds. The van der Waals surface area contributed by atoms with Crippen molar-refractivity contribution >= 4 is 16.6 Å². The first-order valence-corrected chi connectivity index (χ1v) is 9.85. The molecule has 7 rings (SSSR count). The average Bonchev–Trinajstić information content (AvgIpc) is 3.09. The van der Waals surface area contributed by atoms with E-state index in [0.717, 1.165) is 29.0 Å². The van der Waals surface area contributed by atoms with E-state index in [2.05, 4.69) is 57.8 Å². The van der Waals surface area contributed by atoms with Gasteiger partial charge in [0.25, 0.3) is 0 Å². The zero-order valence-electron chi connectivity index (χ0n) is 14.9. The highest BCUT2D eigenvalue weighted by Crippen LogP contribution is 2.44. The topological polar surface area (TPSA) is 44.0 Å². The number of fused-ring (bicyclic) bond motifs is 1. The molecule has 2 unspecified atom stereocenters. The van der Waals surface area contributed by atoms with Crippen LogP contribution in [-0.2, 0) is 0 Å². The van der Waals surface area contributed by atoms with E-state index in [4.69, 9.17) is 4.98 Å². The van der Waals surface area contributed by atoms with Crippen molar-refractivity contribution in [2.75, 3.05) is 25.0 Å².